The first-order valence-corrected chi connectivity index (χ1v) is 22.1. The molecule has 0 spiro atoms. The van der Waals surface area contributed by atoms with Gasteiger partial charge in [-0.1, -0.05) is 37.7 Å². The molecule has 0 heterocycles. The van der Waals surface area contributed by atoms with Gasteiger partial charge in [-0.15, -0.1) is 19.3 Å². The van der Waals surface area contributed by atoms with Crippen LogP contribution in [0.2, 0.25) is 0 Å². The maximum atomic E-state index is 14.0. The molecule has 1 unspecified atom stereocenters. The summed E-state index contributed by atoms with van der Waals surface area (Å²) in [6.45, 7) is 4.00. The van der Waals surface area contributed by atoms with Crippen LogP contribution in [0.25, 0.3) is 0 Å². The van der Waals surface area contributed by atoms with Gasteiger partial charge in [0.2, 0.25) is 24.2 Å². The van der Waals surface area contributed by atoms with E-state index in [0.29, 0.717) is 39.6 Å². The summed E-state index contributed by atoms with van der Waals surface area (Å²) in [6, 6.07) is 6.19. The zero-order valence-electron chi connectivity index (χ0n) is 34.3. The molecule has 0 aliphatic heterocycles. The van der Waals surface area contributed by atoms with Gasteiger partial charge >= 0.3 is 0 Å². The Labute approximate surface area is 354 Å². The summed E-state index contributed by atoms with van der Waals surface area (Å²) in [5.41, 5.74) is -1.37. The number of carbonyl (C=O) groups is 4. The zero-order valence-corrected chi connectivity index (χ0v) is 36.0. The van der Waals surface area contributed by atoms with Crippen LogP contribution in [0.5, 0.6) is 5.75 Å². The van der Waals surface area contributed by atoms with Gasteiger partial charge in [-0.2, -0.15) is 0 Å². The Morgan fingerprint density at radius 3 is 1.44 bits per heavy atom. The van der Waals surface area contributed by atoms with Crippen LogP contribution in [-0.4, -0.2) is 139 Å². The largest absolute Gasteiger partial charge is 0.443 e. The number of amides is 4. The maximum Gasteiger partial charge on any atom is 0.251 e. The van der Waals surface area contributed by atoms with Crippen molar-refractivity contribution in [3.63, 3.8) is 0 Å². The van der Waals surface area contributed by atoms with Crippen LogP contribution in [0.1, 0.15) is 62.7 Å². The summed E-state index contributed by atoms with van der Waals surface area (Å²) in [5, 5.41) is 11.5. The summed E-state index contributed by atoms with van der Waals surface area (Å²) < 4.78 is 37.6. The molecule has 0 bridgehead atoms. The van der Waals surface area contributed by atoms with Crippen molar-refractivity contribution >= 4 is 41.9 Å². The van der Waals surface area contributed by atoms with Gasteiger partial charge in [0.1, 0.15) is 25.6 Å². The molecule has 1 aromatic rings. The van der Waals surface area contributed by atoms with Crippen molar-refractivity contribution in [3.8, 4) is 42.8 Å². The van der Waals surface area contributed by atoms with E-state index in [1.54, 1.807) is 32.0 Å². The highest BCUT2D eigenvalue weighted by molar-refractivity contribution is 8.09. The normalized spacial score (nSPS) is 12.0. The van der Waals surface area contributed by atoms with Gasteiger partial charge in [0.15, 0.2) is 0 Å². The minimum Gasteiger partial charge on any atom is -0.443 e. The molecular weight excluding hydrogens is 804 g/mol. The van der Waals surface area contributed by atoms with Crippen LogP contribution in [0.15, 0.2) is 24.3 Å². The molecule has 0 aliphatic rings. The summed E-state index contributed by atoms with van der Waals surface area (Å²) >= 11 is 5.29. The molecule has 0 aliphatic carbocycles. The summed E-state index contributed by atoms with van der Waals surface area (Å²) in [5.74, 6) is 5.79. The lowest BCUT2D eigenvalue weighted by Gasteiger charge is -2.35. The van der Waals surface area contributed by atoms with Crippen molar-refractivity contribution in [3.05, 3.63) is 29.8 Å². The average Bonchev–Trinajstić information content (AvgIpc) is 3.21. The second-order valence-corrected chi connectivity index (χ2v) is 17.1. The molecule has 328 valence electrons. The predicted octanol–water partition coefficient (Wildman–Crippen LogP) is 1.93. The van der Waals surface area contributed by atoms with Crippen LogP contribution in [-0.2, 0) is 54.6 Å². The smallest absolute Gasteiger partial charge is 0.251 e. The number of rotatable bonds is 35. The highest BCUT2D eigenvalue weighted by atomic mass is 32.5. The van der Waals surface area contributed by atoms with E-state index in [9.17, 15) is 24.1 Å². The second kappa shape index (κ2) is 32.8. The van der Waals surface area contributed by atoms with E-state index in [1.165, 1.54) is 6.07 Å². The third-order valence-electron chi connectivity index (χ3n) is 8.23. The van der Waals surface area contributed by atoms with E-state index in [1.807, 2.05) is 0 Å². The van der Waals surface area contributed by atoms with E-state index in [-0.39, 0.29) is 132 Å². The lowest BCUT2D eigenvalue weighted by molar-refractivity contribution is -0.121. The molecule has 0 fully saturated rings. The molecule has 59 heavy (non-hydrogen) atoms. The fourth-order valence-corrected chi connectivity index (χ4v) is 5.88. The van der Waals surface area contributed by atoms with Crippen LogP contribution >= 0.6 is 6.49 Å². The molecular formula is C41H61N4O12PS. The first-order chi connectivity index (χ1) is 28.4. The number of terminal acetylenes is 3. The van der Waals surface area contributed by atoms with Gasteiger partial charge in [0, 0.05) is 55.7 Å². The van der Waals surface area contributed by atoms with Crippen molar-refractivity contribution in [1.29, 1.82) is 0 Å². The Kier molecular flexibility index (Phi) is 29.4. The SMILES string of the molecule is C#CCOCCOCCNC(=O)CCC(CCC(=O)NCCOCCOCC#C)(CCC(=O)NCCOCCOCC#C)NC(=O)c1cccc(OP(O)(=S)C(C)C)c1. The highest BCUT2D eigenvalue weighted by Crippen LogP contribution is 2.47. The molecule has 1 rings (SSSR count). The summed E-state index contributed by atoms with van der Waals surface area (Å²) in [6.07, 6.45) is 15.6. The molecule has 0 saturated carbocycles. The molecule has 0 aromatic heterocycles. The lowest BCUT2D eigenvalue weighted by Crippen LogP contribution is -2.50. The fraction of sp³-hybridized carbons (Fsp3) is 0.610. The van der Waals surface area contributed by atoms with Gasteiger partial charge in [0.05, 0.1) is 59.5 Å². The topological polar surface area (TPSA) is 201 Å². The van der Waals surface area contributed by atoms with E-state index < -0.39 is 17.9 Å². The molecule has 0 saturated heterocycles. The van der Waals surface area contributed by atoms with E-state index in [4.69, 9.17) is 64.0 Å². The number of hydrogen-bond donors (Lipinski definition) is 5. The molecule has 5 N–H and O–H groups in total. The molecule has 4 amide bonds. The van der Waals surface area contributed by atoms with Crippen LogP contribution in [0, 0.1) is 37.0 Å². The summed E-state index contributed by atoms with van der Waals surface area (Å²) in [4.78, 5) is 64.0. The monoisotopic (exact) mass is 864 g/mol. The maximum absolute atomic E-state index is 14.0. The highest BCUT2D eigenvalue weighted by Gasteiger charge is 2.34. The Balaban J connectivity index is 3.18. The Morgan fingerprint density at radius 1 is 0.678 bits per heavy atom. The number of benzene rings is 1. The first kappa shape index (κ1) is 53.0. The number of ether oxygens (including phenoxy) is 6. The van der Waals surface area contributed by atoms with Crippen LogP contribution < -0.4 is 25.8 Å². The standard InChI is InChI=1S/C41H61N4O12PS/c1-6-21-51-27-30-54-24-18-42-37(46)12-15-41(16-13-38(47)43-19-25-55-31-28-52-22-7-2,17-14-39(48)44-20-26-56-32-29-53-23-8-3)45-40(49)35-10-9-11-36(33-35)57-58(50,59)34(4)5/h1-3,9-11,33-34H,12-32H2,4-5H3,(H,42,46)(H,43,47)(H,44,48)(H,45,49)(H,50,59). The fourth-order valence-electron chi connectivity index (χ4n) is 4.99. The van der Waals surface area contributed by atoms with Crippen LogP contribution in [0.4, 0.5) is 0 Å². The lowest BCUT2D eigenvalue weighted by atomic mass is 9.82. The second-order valence-electron chi connectivity index (χ2n) is 13.2. The minimum atomic E-state index is -3.20. The van der Waals surface area contributed by atoms with Gasteiger partial charge < -0.3 is 59.1 Å². The predicted molar refractivity (Wildman–Crippen MR) is 227 cm³/mol. The summed E-state index contributed by atoms with van der Waals surface area (Å²) in [7, 11) is 0. The quantitative estimate of drug-likeness (QED) is 0.0377. The number of hydrogen-bond acceptors (Lipinski definition) is 12. The molecule has 18 heteroatoms. The van der Waals surface area contributed by atoms with Crippen molar-refractivity contribution in [2.75, 3.05) is 98.9 Å². The van der Waals surface area contributed by atoms with Crippen molar-refractivity contribution in [1.82, 2.24) is 21.3 Å². The zero-order chi connectivity index (χ0) is 43.6. The van der Waals surface area contributed by atoms with Crippen molar-refractivity contribution in [2.24, 2.45) is 0 Å². The van der Waals surface area contributed by atoms with Crippen LogP contribution in [0.3, 0.4) is 0 Å². The molecule has 16 nitrogen and oxygen atoms in total. The first-order valence-electron chi connectivity index (χ1n) is 19.4. The molecule has 1 atom stereocenters. The molecule has 0 radical (unpaired) electrons. The number of nitrogens with one attached hydrogen (secondary N) is 4. The Morgan fingerprint density at radius 2 is 1.07 bits per heavy atom. The third-order valence-corrected chi connectivity index (χ3v) is 11.5. The van der Waals surface area contributed by atoms with Crippen molar-refractivity contribution in [2.45, 2.75) is 63.6 Å². The van der Waals surface area contributed by atoms with Gasteiger partial charge in [-0.3, -0.25) is 19.2 Å². The molecule has 1 aromatic carbocycles. The Bertz CT molecular complexity index is 1460. The minimum absolute atomic E-state index is 0.0506. The van der Waals surface area contributed by atoms with Crippen molar-refractivity contribution < 1.29 is 57.0 Å². The van der Waals surface area contributed by atoms with Gasteiger partial charge in [-0.05, 0) is 49.3 Å². The van der Waals surface area contributed by atoms with Gasteiger partial charge in [-0.25, -0.2) is 0 Å². The van der Waals surface area contributed by atoms with E-state index in [0.717, 1.165) is 0 Å². The Hall–Kier alpha value is -4.05. The average molecular weight is 865 g/mol. The third kappa shape index (κ3) is 26.6. The van der Waals surface area contributed by atoms with Gasteiger partial charge in [0.25, 0.3) is 5.91 Å². The number of carbonyl (C=O) groups excluding carboxylic acids is 4. The van der Waals surface area contributed by atoms with E-state index in [2.05, 4.69) is 39.0 Å². The van der Waals surface area contributed by atoms with E-state index >= 15 is 0 Å².